The second kappa shape index (κ2) is 22.5. The molecular weight excluding hydrogens is 775 g/mol. The molecule has 2 aliphatic rings. The van der Waals surface area contributed by atoms with Crippen LogP contribution in [0.25, 0.3) is 0 Å². The third kappa shape index (κ3) is 14.2. The summed E-state index contributed by atoms with van der Waals surface area (Å²) in [5.74, 6) is -8.27. The van der Waals surface area contributed by atoms with E-state index in [1.54, 1.807) is 19.1 Å². The van der Waals surface area contributed by atoms with Gasteiger partial charge >= 0.3 is 0 Å². The molecule has 18 heteroatoms. The molecule has 0 spiro atoms. The van der Waals surface area contributed by atoms with Gasteiger partial charge in [0.15, 0.2) is 11.7 Å². The topological polar surface area (TPSA) is 293 Å². The molecule has 8 unspecified atom stereocenters. The average Bonchev–Trinajstić information content (AvgIpc) is 3.69. The number of nitrogens with one attached hydrogen (secondary N) is 6. The monoisotopic (exact) mass is 837 g/mol. The smallest absolute Gasteiger partial charge is 0.290 e. The van der Waals surface area contributed by atoms with Crippen LogP contribution in [0.3, 0.4) is 0 Å². The Balaban J connectivity index is 2.09. The van der Waals surface area contributed by atoms with Crippen molar-refractivity contribution in [2.45, 2.75) is 123 Å². The van der Waals surface area contributed by atoms with Crippen LogP contribution in [0.15, 0.2) is 41.4 Å². The molecule has 11 N–H and O–H groups in total. The van der Waals surface area contributed by atoms with Crippen molar-refractivity contribution in [2.75, 3.05) is 13.1 Å². The number of aliphatic imine (C=N–C) groups is 1. The van der Waals surface area contributed by atoms with E-state index in [4.69, 9.17) is 11.5 Å². The van der Waals surface area contributed by atoms with Crippen molar-refractivity contribution in [3.8, 4) is 5.75 Å². The Morgan fingerprint density at radius 1 is 0.983 bits per heavy atom. The first-order valence-electron chi connectivity index (χ1n) is 20.7. The van der Waals surface area contributed by atoms with Crippen molar-refractivity contribution in [3.05, 3.63) is 42.0 Å². The summed E-state index contributed by atoms with van der Waals surface area (Å²) in [7, 11) is 0. The molecule has 60 heavy (non-hydrogen) atoms. The lowest BCUT2D eigenvalue weighted by atomic mass is 9.83. The lowest BCUT2D eigenvalue weighted by molar-refractivity contribution is -0.144. The quantitative estimate of drug-likeness (QED) is 0.0558. The number of benzene rings is 1. The van der Waals surface area contributed by atoms with Crippen molar-refractivity contribution in [2.24, 2.45) is 40.1 Å². The number of carbonyl (C=O) groups is 8. The van der Waals surface area contributed by atoms with Crippen LogP contribution >= 0.6 is 0 Å². The minimum Gasteiger partial charge on any atom is -0.508 e. The number of phenols is 1. The van der Waals surface area contributed by atoms with Crippen LogP contribution < -0.4 is 43.4 Å². The third-order valence-corrected chi connectivity index (χ3v) is 11.2. The molecule has 1 aromatic carbocycles. The first kappa shape index (κ1) is 48.6. The van der Waals surface area contributed by atoms with Gasteiger partial charge in [0.25, 0.3) is 5.91 Å². The van der Waals surface area contributed by atoms with Gasteiger partial charge < -0.3 is 48.5 Å². The van der Waals surface area contributed by atoms with Crippen LogP contribution in [0.4, 0.5) is 0 Å². The fourth-order valence-electron chi connectivity index (χ4n) is 7.28. The molecule has 330 valence electrons. The van der Waals surface area contributed by atoms with Crippen LogP contribution in [0.5, 0.6) is 5.75 Å². The lowest BCUT2D eigenvalue weighted by Gasteiger charge is -2.36. The number of guanidine groups is 1. The SMILES string of the molecule is CCC(C)C1(C)NC(=O)C(=O)C(CCCN=C(N)N)NC(=O)C2CCCC2C(=O)C(NC(=O)C(C)NC(=O)CC(C)C)CNC(=O)C=CC(Cc2ccc(O)cc2)NC1=O. The highest BCUT2D eigenvalue weighted by Crippen LogP contribution is 2.34. The molecular formula is C42H63N9O9. The van der Waals surface area contributed by atoms with Crippen molar-refractivity contribution >= 4 is 53.0 Å². The first-order valence-corrected chi connectivity index (χ1v) is 20.7. The van der Waals surface area contributed by atoms with Gasteiger partial charge in [-0.25, -0.2) is 0 Å². The third-order valence-electron chi connectivity index (χ3n) is 11.2. The molecule has 1 aliphatic heterocycles. The molecule has 0 bridgehead atoms. The van der Waals surface area contributed by atoms with Crippen molar-refractivity contribution in [1.29, 1.82) is 0 Å². The van der Waals surface area contributed by atoms with E-state index >= 15 is 0 Å². The molecule has 1 saturated carbocycles. The average molecular weight is 838 g/mol. The Hall–Kier alpha value is -5.81. The summed E-state index contributed by atoms with van der Waals surface area (Å²) in [4.78, 5) is 114. The number of rotatable bonds is 13. The van der Waals surface area contributed by atoms with E-state index in [9.17, 15) is 43.5 Å². The molecule has 0 radical (unpaired) electrons. The summed E-state index contributed by atoms with van der Waals surface area (Å²) in [6.07, 6.45) is 4.43. The number of aromatic hydroxyl groups is 1. The van der Waals surface area contributed by atoms with Gasteiger partial charge in [-0.15, -0.1) is 0 Å². The van der Waals surface area contributed by atoms with Crippen LogP contribution in [0.1, 0.15) is 92.1 Å². The van der Waals surface area contributed by atoms with Gasteiger partial charge in [-0.1, -0.05) is 58.7 Å². The standard InChI is InChI=1S/C42H63N9O9/c1-7-24(4)42(6)40(60)48-27(21-26-13-16-28(52)17-14-26)15-18-33(53)46-22-32(50-37(57)25(5)47-34(54)20-23(2)3)35(55)29-10-8-11-30(29)38(58)49-31(36(56)39(59)51-42)12-9-19-45-41(43)44/h13-18,23-25,27,29-32,52H,7-12,19-22H2,1-6H3,(H,46,53)(H,47,54)(H,48,60)(H,49,58)(H,50,57)(H,51,59)(H4,43,44,45). The van der Waals surface area contributed by atoms with Gasteiger partial charge in [-0.2, -0.15) is 0 Å². The Morgan fingerprint density at radius 3 is 2.28 bits per heavy atom. The maximum Gasteiger partial charge on any atom is 0.290 e. The van der Waals surface area contributed by atoms with Gasteiger partial charge in [-0.05, 0) is 75.5 Å². The second-order valence-corrected chi connectivity index (χ2v) is 16.4. The highest BCUT2D eigenvalue weighted by atomic mass is 16.3. The Bertz CT molecular complexity index is 1790. The summed E-state index contributed by atoms with van der Waals surface area (Å²) < 4.78 is 0. The van der Waals surface area contributed by atoms with Crippen LogP contribution in [0, 0.1) is 23.7 Å². The van der Waals surface area contributed by atoms with E-state index in [2.05, 4.69) is 36.9 Å². The lowest BCUT2D eigenvalue weighted by Crippen LogP contribution is -2.64. The number of fused-ring (bicyclic) bond motifs is 1. The van der Waals surface area contributed by atoms with E-state index < -0.39 is 88.6 Å². The number of Topliss-reactive ketones (excluding diaryl/α,β-unsaturated/α-hetero) is 2. The van der Waals surface area contributed by atoms with Gasteiger partial charge in [0.2, 0.25) is 35.3 Å². The molecule has 0 aromatic heterocycles. The highest BCUT2D eigenvalue weighted by Gasteiger charge is 2.45. The van der Waals surface area contributed by atoms with E-state index in [0.29, 0.717) is 18.4 Å². The maximum atomic E-state index is 14.3. The Labute approximate surface area is 351 Å². The first-order chi connectivity index (χ1) is 28.2. The summed E-state index contributed by atoms with van der Waals surface area (Å²) in [6, 6.07) is 1.60. The predicted molar refractivity (Wildman–Crippen MR) is 224 cm³/mol. The predicted octanol–water partition coefficient (Wildman–Crippen LogP) is 0.155. The molecule has 1 heterocycles. The zero-order chi connectivity index (χ0) is 44.7. The molecule has 1 aromatic rings. The van der Waals surface area contributed by atoms with Gasteiger partial charge in [0.1, 0.15) is 23.4 Å². The van der Waals surface area contributed by atoms with Gasteiger partial charge in [-0.3, -0.25) is 43.3 Å². The summed E-state index contributed by atoms with van der Waals surface area (Å²) >= 11 is 0. The largest absolute Gasteiger partial charge is 0.508 e. The zero-order valence-electron chi connectivity index (χ0n) is 35.5. The minimum absolute atomic E-state index is 0.0214. The number of nitrogens with zero attached hydrogens (tertiary/aromatic N) is 1. The van der Waals surface area contributed by atoms with E-state index in [1.807, 2.05) is 20.8 Å². The number of ketones is 2. The molecule has 1 fully saturated rings. The second-order valence-electron chi connectivity index (χ2n) is 16.4. The molecule has 3 rings (SSSR count). The summed E-state index contributed by atoms with van der Waals surface area (Å²) in [5, 5.41) is 26.0. The minimum atomic E-state index is -1.65. The molecule has 1 aliphatic carbocycles. The number of hydrogen-bond acceptors (Lipinski definition) is 10. The van der Waals surface area contributed by atoms with Gasteiger partial charge in [0.05, 0.1) is 12.1 Å². The van der Waals surface area contributed by atoms with Crippen molar-refractivity contribution in [1.82, 2.24) is 31.9 Å². The number of nitrogens with two attached hydrogens (primary N) is 2. The van der Waals surface area contributed by atoms with Crippen molar-refractivity contribution in [3.63, 3.8) is 0 Å². The van der Waals surface area contributed by atoms with Crippen LogP contribution in [0.2, 0.25) is 0 Å². The fraction of sp³-hybridized carbons (Fsp3) is 0.595. The number of amides is 6. The Kier molecular flexibility index (Phi) is 18.2. The van der Waals surface area contributed by atoms with Crippen LogP contribution in [-0.4, -0.2) is 101 Å². The number of phenolic OH excluding ortho intramolecular Hbond substituents is 1. The maximum absolute atomic E-state index is 14.3. The number of carbonyl (C=O) groups excluding carboxylic acids is 8. The van der Waals surface area contributed by atoms with Crippen LogP contribution in [-0.2, 0) is 44.8 Å². The summed E-state index contributed by atoms with van der Waals surface area (Å²) in [5.41, 5.74) is 9.98. The Morgan fingerprint density at radius 2 is 1.65 bits per heavy atom. The normalized spacial score (nSPS) is 25.6. The van der Waals surface area contributed by atoms with E-state index in [1.165, 1.54) is 38.1 Å². The number of hydrogen-bond donors (Lipinski definition) is 9. The van der Waals surface area contributed by atoms with E-state index in [0.717, 1.165) is 0 Å². The van der Waals surface area contributed by atoms with Crippen molar-refractivity contribution < 1.29 is 43.5 Å². The molecule has 0 saturated heterocycles. The molecule has 18 nitrogen and oxygen atoms in total. The highest BCUT2D eigenvalue weighted by molar-refractivity contribution is 6.39. The van der Waals surface area contributed by atoms with Gasteiger partial charge in [0, 0.05) is 37.4 Å². The molecule has 6 amide bonds. The fourth-order valence-corrected chi connectivity index (χ4v) is 7.28. The molecule has 8 atom stereocenters. The summed E-state index contributed by atoms with van der Waals surface area (Å²) in [6.45, 7) is 9.91. The van der Waals surface area contributed by atoms with E-state index in [-0.39, 0.29) is 75.1 Å². The zero-order valence-corrected chi connectivity index (χ0v) is 35.5.